The first-order chi connectivity index (χ1) is 55.4. The molecule has 4 aromatic heterocycles. The third-order valence-electron chi connectivity index (χ3n) is 24.2. The van der Waals surface area contributed by atoms with Crippen molar-refractivity contribution < 1.29 is 19.4 Å². The highest BCUT2D eigenvalue weighted by atomic mass is 32.1. The number of hydrogen-bond donors (Lipinski definition) is 1. The van der Waals surface area contributed by atoms with E-state index in [2.05, 4.69) is 160 Å². The van der Waals surface area contributed by atoms with Crippen molar-refractivity contribution in [3.8, 4) is 37.1 Å². The van der Waals surface area contributed by atoms with Crippen LogP contribution in [-0.2, 0) is 36.5 Å². The number of ether oxygens (including phenoxy) is 1. The third-order valence-corrected chi connectivity index (χ3v) is 29.1. The minimum atomic E-state index is -1.01. The van der Waals surface area contributed by atoms with Gasteiger partial charge >= 0.3 is 0 Å². The van der Waals surface area contributed by atoms with E-state index in [1.165, 1.54) is 92.9 Å². The molecule has 0 amide bonds. The van der Waals surface area contributed by atoms with Crippen LogP contribution in [-0.4, -0.2) is 23.3 Å². The smallest absolute Gasteiger partial charge is 0.270 e. The van der Waals surface area contributed by atoms with Gasteiger partial charge in [-0.15, -0.1) is 45.3 Å². The van der Waals surface area contributed by atoms with E-state index in [-0.39, 0.29) is 23.0 Å². The van der Waals surface area contributed by atoms with E-state index in [4.69, 9.17) is 17.9 Å². The van der Waals surface area contributed by atoms with Crippen LogP contribution >= 0.6 is 45.3 Å². The van der Waals surface area contributed by atoms with Crippen LogP contribution in [0.3, 0.4) is 0 Å². The second-order valence-corrected chi connectivity index (χ2v) is 35.7. The second-order valence-electron chi connectivity index (χ2n) is 31.5. The average Bonchev–Trinajstić information content (AvgIpc) is 1.49. The second kappa shape index (κ2) is 34.9. The number of carbonyl (C=O) groups excluding carboxylic acids is 2. The summed E-state index contributed by atoms with van der Waals surface area (Å²) in [5, 5.41) is 27.0. The van der Waals surface area contributed by atoms with Gasteiger partial charge in [0, 0.05) is 59.5 Å². The van der Waals surface area contributed by atoms with E-state index >= 15 is 0 Å². The van der Waals surface area contributed by atoms with Gasteiger partial charge in [-0.25, -0.2) is 15.0 Å². The summed E-state index contributed by atoms with van der Waals surface area (Å²) in [5.41, 5.74) is 16.4. The van der Waals surface area contributed by atoms with Crippen LogP contribution in [0.15, 0.2) is 180 Å². The molecule has 0 saturated carbocycles. The molecule has 0 bridgehead atoms. The van der Waals surface area contributed by atoms with Gasteiger partial charge in [-0.3, -0.25) is 9.59 Å². The molecule has 4 heterocycles. The fourth-order valence-electron chi connectivity index (χ4n) is 18.5. The summed E-state index contributed by atoms with van der Waals surface area (Å²) < 4.78 is 9.50. The highest BCUT2D eigenvalue weighted by Crippen LogP contribution is 2.71. The lowest BCUT2D eigenvalue weighted by molar-refractivity contribution is 0.103. The van der Waals surface area contributed by atoms with Crippen LogP contribution in [0.4, 0.5) is 0 Å². The molecular weight excluding hydrogens is 1460 g/mol. The number of thiophene rings is 4. The Morgan fingerprint density at radius 1 is 0.442 bits per heavy atom. The zero-order valence-corrected chi connectivity index (χ0v) is 69.7. The number of rotatable bonds is 34. The largest absolute Gasteiger partial charge is 0.506 e. The molecule has 113 heavy (non-hydrogen) atoms. The minimum absolute atomic E-state index is 0.0860. The molecular formula is C102H101N3O4S4. The number of phenolic OH excluding ortho intramolecular Hbond substituents is 1. The Bertz CT molecular complexity index is 5560. The van der Waals surface area contributed by atoms with E-state index in [9.17, 15) is 20.0 Å². The lowest BCUT2D eigenvalue weighted by Crippen LogP contribution is -2.29. The zero-order chi connectivity index (χ0) is 78.3. The SMILES string of the molecule is [C-]#[N+]/C(C)=C1\C(=C\c2cc3c(s2)-c2sc4c(OCCCCCCCC)c5c6c(sc5c(O)c4c2C3(c2ccc(CCCCCC)cc2)c2ccc(CCCCCC)cc2)-c2sc(/C=C3\C(=O)c4ccccc4\C3=C(\C#N)[N+]#[C-])cc2C6(c2ccc(CCCCCC)cc2)c2ccc(CCCCCC)cc2)C(=O)c2ccccc21. The molecule has 0 spiro atoms. The number of allylic oxidation sites excluding steroid dienone is 6. The van der Waals surface area contributed by atoms with Crippen molar-refractivity contribution in [2.24, 2.45) is 0 Å². The van der Waals surface area contributed by atoms with Crippen LogP contribution in [0.25, 0.3) is 72.7 Å². The Labute approximate surface area is 684 Å². The first-order valence-electron chi connectivity index (χ1n) is 41.8. The third kappa shape index (κ3) is 14.4. The summed E-state index contributed by atoms with van der Waals surface area (Å²) in [5.74, 6) is 0.680. The first-order valence-corrected chi connectivity index (χ1v) is 45.1. The summed E-state index contributed by atoms with van der Waals surface area (Å²) in [4.78, 5) is 43.5. The first kappa shape index (κ1) is 78.5. The van der Waals surface area contributed by atoms with E-state index in [1.54, 1.807) is 51.4 Å². The van der Waals surface area contributed by atoms with Gasteiger partial charge in [-0.1, -0.05) is 289 Å². The van der Waals surface area contributed by atoms with Gasteiger partial charge in [0.25, 0.3) is 5.70 Å². The fraction of sp³-hybridized carbons (Fsp3) is 0.343. The Kier molecular flexibility index (Phi) is 24.3. The van der Waals surface area contributed by atoms with Crippen molar-refractivity contribution in [1.82, 2.24) is 0 Å². The van der Waals surface area contributed by atoms with Gasteiger partial charge in [-0.2, -0.15) is 0 Å². The van der Waals surface area contributed by atoms with Crippen molar-refractivity contribution in [2.45, 2.75) is 219 Å². The number of hydrogen-bond acceptors (Lipinski definition) is 9. The molecule has 11 aromatic rings. The number of Topliss-reactive ketones (excluding diaryl/α,β-unsaturated/α-hetero) is 2. The van der Waals surface area contributed by atoms with Gasteiger partial charge in [0.15, 0.2) is 17.3 Å². The molecule has 4 aliphatic carbocycles. The molecule has 1 N–H and O–H groups in total. The lowest BCUT2D eigenvalue weighted by atomic mass is 9.66. The quantitative estimate of drug-likeness (QED) is 0.0188. The lowest BCUT2D eigenvalue weighted by Gasteiger charge is -2.34. The Balaban J connectivity index is 1.04. The number of aryl methyl sites for hydroxylation is 4. The molecule has 0 atom stereocenters. The number of nitrogens with zero attached hydrogens (tertiary/aromatic N) is 3. The molecule has 15 rings (SSSR count). The molecule has 7 aromatic carbocycles. The molecule has 11 heteroatoms. The molecule has 4 aliphatic rings. The van der Waals surface area contributed by atoms with Crippen LogP contribution in [0.1, 0.15) is 291 Å². The summed E-state index contributed by atoms with van der Waals surface area (Å²) in [6, 6.07) is 59.4. The zero-order valence-electron chi connectivity index (χ0n) is 66.4. The maximum absolute atomic E-state index is 15.0. The summed E-state index contributed by atoms with van der Waals surface area (Å²) in [7, 11) is 0. The van der Waals surface area contributed by atoms with E-state index in [0.29, 0.717) is 51.3 Å². The standard InChI is InChI=1S/C102H101N3O4S4/c1-9-14-19-24-25-34-59-109-94-88-90-100(96-83(63-75(111-96)61-81-86(84(64-103)105-8)77-40-31-33-42-79(77)92(81)107)102(90,72-55-47-68(48-56-72)37-28-22-17-12-4)73-57-49-69(50-58-73)38-29-23-18-13-5)112-97(88)93(108)87-89-99(113-98(87)94)95-82(62-74(110-95)60-80-85(65(6)104-7)76-39-30-32-41-78(76)91(80)106)101(89,70-51-43-66(44-52-70)35-26-20-15-10-2)71-53-45-67(46-54-71)36-27-21-16-11-3/h30-33,39-58,60-63,108H,9-29,34-38,59H2,1-6H3/b80-60-,81-61-,85-65-,86-84+. The Morgan fingerprint density at radius 2 is 0.805 bits per heavy atom. The van der Waals surface area contributed by atoms with Crippen LogP contribution in [0.5, 0.6) is 11.5 Å². The van der Waals surface area contributed by atoms with Crippen molar-refractivity contribution in [3.63, 3.8) is 0 Å². The van der Waals surface area contributed by atoms with Gasteiger partial charge in [0.2, 0.25) is 0 Å². The minimum Gasteiger partial charge on any atom is -0.506 e. The van der Waals surface area contributed by atoms with E-state index in [0.717, 1.165) is 202 Å². The predicted octanol–water partition coefficient (Wildman–Crippen LogP) is 29.3. The molecule has 0 radical (unpaired) electrons. The number of phenols is 1. The molecule has 7 nitrogen and oxygen atoms in total. The van der Waals surface area contributed by atoms with Crippen LogP contribution < -0.4 is 4.74 Å². The Morgan fingerprint density at radius 3 is 1.20 bits per heavy atom. The van der Waals surface area contributed by atoms with Crippen LogP contribution in [0.2, 0.25) is 0 Å². The van der Waals surface area contributed by atoms with Crippen LogP contribution in [0, 0.1) is 24.5 Å². The van der Waals surface area contributed by atoms with Crippen molar-refractivity contribution >= 4 is 100 Å². The number of fused-ring (bicyclic) bond motifs is 12. The number of unbranched alkanes of at least 4 members (excludes halogenated alkanes) is 17. The maximum atomic E-state index is 15.0. The van der Waals surface area contributed by atoms with Crippen molar-refractivity contribution in [2.75, 3.05) is 6.61 Å². The maximum Gasteiger partial charge on any atom is 0.270 e. The molecule has 0 unspecified atom stereocenters. The summed E-state index contributed by atoms with van der Waals surface area (Å²) in [6.45, 7) is 30.2. The highest BCUT2D eigenvalue weighted by molar-refractivity contribution is 7.29. The van der Waals surface area contributed by atoms with Crippen molar-refractivity contribution in [3.05, 3.63) is 302 Å². The molecule has 0 fully saturated rings. The van der Waals surface area contributed by atoms with Gasteiger partial charge < -0.3 is 9.84 Å². The van der Waals surface area contributed by atoms with Gasteiger partial charge in [-0.05, 0) is 161 Å². The normalized spacial score (nSPS) is 15.7. The van der Waals surface area contributed by atoms with Gasteiger partial charge in [0.05, 0.1) is 65.6 Å². The number of ketones is 2. The number of benzene rings is 7. The number of carbonyl (C=O) groups is 2. The summed E-state index contributed by atoms with van der Waals surface area (Å²) in [6.07, 6.45) is 32.8. The highest BCUT2D eigenvalue weighted by Gasteiger charge is 2.55. The number of aromatic hydroxyl groups is 1. The summed E-state index contributed by atoms with van der Waals surface area (Å²) >= 11 is 6.68. The van der Waals surface area contributed by atoms with Crippen molar-refractivity contribution in [1.29, 1.82) is 5.26 Å². The van der Waals surface area contributed by atoms with E-state index in [1.807, 2.05) is 61.5 Å². The average molecular weight is 1560 g/mol. The number of nitriles is 1. The molecule has 0 saturated heterocycles. The molecule has 572 valence electrons. The van der Waals surface area contributed by atoms with Gasteiger partial charge in [0.1, 0.15) is 11.5 Å². The molecule has 0 aliphatic heterocycles. The fourth-order valence-corrected chi connectivity index (χ4v) is 23.7. The monoisotopic (exact) mass is 1560 g/mol. The Hall–Kier alpha value is -9.77. The predicted molar refractivity (Wildman–Crippen MR) is 475 cm³/mol. The topological polar surface area (TPSA) is 96.1 Å². The van der Waals surface area contributed by atoms with E-state index < -0.39 is 10.8 Å².